The molecule has 0 aliphatic carbocycles. The molecule has 0 saturated carbocycles. The first kappa shape index (κ1) is 8.87. The van der Waals surface area contributed by atoms with Crippen LogP contribution in [0.25, 0.3) is 0 Å². The van der Waals surface area contributed by atoms with E-state index in [1.54, 1.807) is 0 Å². The Hall–Kier alpha value is -1.22. The average Bonchev–Trinajstić information content (AvgIpc) is 2.06. The summed E-state index contributed by atoms with van der Waals surface area (Å²) < 4.78 is 0.718. The minimum atomic E-state index is -1.14. The van der Waals surface area contributed by atoms with Crippen LogP contribution >= 0.6 is 11.8 Å². The first-order valence-electron chi connectivity index (χ1n) is 3.40. The predicted octanol–water partition coefficient (Wildman–Crippen LogP) is 2.32. The lowest BCUT2D eigenvalue weighted by atomic mass is 10.2. The summed E-state index contributed by atoms with van der Waals surface area (Å²) in [5.41, 5.74) is 0.870. The molecule has 0 aliphatic rings. The number of rotatable bonds is 2. The summed E-state index contributed by atoms with van der Waals surface area (Å²) in [6, 6.07) is 9.17. The van der Waals surface area contributed by atoms with Crippen molar-refractivity contribution in [2.75, 3.05) is 0 Å². The maximum absolute atomic E-state index is 10.3. The molecule has 4 heteroatoms. The molecule has 0 bridgehead atoms. The monoisotopic (exact) mass is 185 g/mol. The molecule has 0 unspecified atom stereocenters. The number of halogens is 1. The Bertz CT molecular complexity index is 263. The molecule has 0 spiro atoms. The van der Waals surface area contributed by atoms with Crippen molar-refractivity contribution in [3.8, 4) is 0 Å². The number of nitrogens with zero attached hydrogens (tertiary/aromatic N) is 1. The van der Waals surface area contributed by atoms with Gasteiger partial charge in [0, 0.05) is 11.8 Å². The molecule has 1 aromatic rings. The van der Waals surface area contributed by atoms with Crippen LogP contribution in [0.4, 0.5) is 4.79 Å². The molecule has 0 saturated heterocycles. The second-order valence-electron chi connectivity index (χ2n) is 2.29. The summed E-state index contributed by atoms with van der Waals surface area (Å²) in [6.45, 7) is 0.206. The molecular weight excluding hydrogens is 178 g/mol. The highest BCUT2D eigenvalue weighted by molar-refractivity contribution is 6.19. The van der Waals surface area contributed by atoms with Crippen molar-refractivity contribution in [3.63, 3.8) is 0 Å². The minimum absolute atomic E-state index is 0.206. The van der Waals surface area contributed by atoms with Crippen LogP contribution in [-0.2, 0) is 6.54 Å². The largest absolute Gasteiger partial charge is 0.464 e. The fraction of sp³-hybridized carbons (Fsp3) is 0.125. The van der Waals surface area contributed by atoms with Gasteiger partial charge in [0.1, 0.15) is 0 Å². The Morgan fingerprint density at radius 1 is 1.42 bits per heavy atom. The highest BCUT2D eigenvalue weighted by Gasteiger charge is 2.07. The molecule has 0 radical (unpaired) electrons. The lowest BCUT2D eigenvalue weighted by Gasteiger charge is -2.08. The van der Waals surface area contributed by atoms with E-state index in [-0.39, 0.29) is 6.54 Å². The third kappa shape index (κ3) is 2.43. The number of hydrogen-bond acceptors (Lipinski definition) is 1. The van der Waals surface area contributed by atoms with Crippen LogP contribution in [0.15, 0.2) is 30.3 Å². The van der Waals surface area contributed by atoms with Crippen molar-refractivity contribution in [1.82, 2.24) is 4.42 Å². The van der Waals surface area contributed by atoms with E-state index in [9.17, 15) is 4.79 Å². The van der Waals surface area contributed by atoms with E-state index in [1.165, 1.54) is 0 Å². The molecule has 12 heavy (non-hydrogen) atoms. The van der Waals surface area contributed by atoms with E-state index in [2.05, 4.69) is 0 Å². The average molecular weight is 186 g/mol. The van der Waals surface area contributed by atoms with E-state index in [1.807, 2.05) is 30.3 Å². The van der Waals surface area contributed by atoms with Gasteiger partial charge in [-0.15, -0.1) is 0 Å². The molecule has 1 rings (SSSR count). The normalized spacial score (nSPS) is 9.42. The molecule has 1 aromatic carbocycles. The quantitative estimate of drug-likeness (QED) is 0.719. The molecule has 0 atom stereocenters. The summed E-state index contributed by atoms with van der Waals surface area (Å²) in [6.07, 6.45) is -1.14. The standard InChI is InChI=1S/C8H8ClNO2/c9-10(8(11)12)6-7-4-2-1-3-5-7/h1-5H,6H2,(H,11,12). The lowest BCUT2D eigenvalue weighted by Crippen LogP contribution is -2.18. The van der Waals surface area contributed by atoms with Gasteiger partial charge < -0.3 is 5.11 Å². The number of benzene rings is 1. The van der Waals surface area contributed by atoms with Crippen LogP contribution in [0, 0.1) is 0 Å². The maximum Gasteiger partial charge on any atom is 0.422 e. The summed E-state index contributed by atoms with van der Waals surface area (Å²) in [5, 5.41) is 8.44. The number of carboxylic acid groups (broad SMARTS) is 1. The second kappa shape index (κ2) is 3.97. The van der Waals surface area contributed by atoms with Gasteiger partial charge in [-0.05, 0) is 5.56 Å². The van der Waals surface area contributed by atoms with Crippen LogP contribution in [-0.4, -0.2) is 15.6 Å². The van der Waals surface area contributed by atoms with Crippen LogP contribution in [0.3, 0.4) is 0 Å². The van der Waals surface area contributed by atoms with Gasteiger partial charge in [0.25, 0.3) is 0 Å². The van der Waals surface area contributed by atoms with E-state index >= 15 is 0 Å². The fourth-order valence-electron chi connectivity index (χ4n) is 0.811. The van der Waals surface area contributed by atoms with Crippen molar-refractivity contribution in [2.24, 2.45) is 0 Å². The highest BCUT2D eigenvalue weighted by Crippen LogP contribution is 2.06. The molecule has 0 fully saturated rings. The second-order valence-corrected chi connectivity index (χ2v) is 2.70. The number of hydrogen-bond donors (Lipinski definition) is 1. The summed E-state index contributed by atoms with van der Waals surface area (Å²) >= 11 is 5.38. The third-order valence-electron chi connectivity index (χ3n) is 1.37. The van der Waals surface area contributed by atoms with Crippen molar-refractivity contribution < 1.29 is 9.90 Å². The molecule has 3 nitrogen and oxygen atoms in total. The van der Waals surface area contributed by atoms with E-state index in [4.69, 9.17) is 16.9 Å². The molecule has 1 N–H and O–H groups in total. The Morgan fingerprint density at radius 2 is 2.00 bits per heavy atom. The molecular formula is C8H8ClNO2. The molecule has 0 aromatic heterocycles. The lowest BCUT2D eigenvalue weighted by molar-refractivity contribution is 0.172. The summed E-state index contributed by atoms with van der Waals surface area (Å²) in [4.78, 5) is 10.3. The van der Waals surface area contributed by atoms with Crippen LogP contribution in [0.1, 0.15) is 5.56 Å². The fourth-order valence-corrected chi connectivity index (χ4v) is 0.949. The molecule has 0 heterocycles. The van der Waals surface area contributed by atoms with Gasteiger partial charge in [-0.25, -0.2) is 9.21 Å². The van der Waals surface area contributed by atoms with E-state index < -0.39 is 6.09 Å². The highest BCUT2D eigenvalue weighted by atomic mass is 35.5. The minimum Gasteiger partial charge on any atom is -0.464 e. The van der Waals surface area contributed by atoms with Gasteiger partial charge >= 0.3 is 6.09 Å². The van der Waals surface area contributed by atoms with Gasteiger partial charge in [0.15, 0.2) is 0 Å². The van der Waals surface area contributed by atoms with Gasteiger partial charge in [0.2, 0.25) is 0 Å². The van der Waals surface area contributed by atoms with E-state index in [0.29, 0.717) is 0 Å². The van der Waals surface area contributed by atoms with Crippen LogP contribution < -0.4 is 0 Å². The van der Waals surface area contributed by atoms with Gasteiger partial charge in [-0.1, -0.05) is 30.3 Å². The predicted molar refractivity (Wildman–Crippen MR) is 45.9 cm³/mol. The smallest absolute Gasteiger partial charge is 0.422 e. The first-order valence-corrected chi connectivity index (χ1v) is 3.74. The summed E-state index contributed by atoms with van der Waals surface area (Å²) in [7, 11) is 0. The van der Waals surface area contributed by atoms with Crippen molar-refractivity contribution in [3.05, 3.63) is 35.9 Å². The number of carbonyl (C=O) groups is 1. The van der Waals surface area contributed by atoms with Crippen LogP contribution in [0.5, 0.6) is 0 Å². The third-order valence-corrected chi connectivity index (χ3v) is 1.64. The maximum atomic E-state index is 10.3. The van der Waals surface area contributed by atoms with Crippen molar-refractivity contribution in [2.45, 2.75) is 6.54 Å². The van der Waals surface area contributed by atoms with E-state index in [0.717, 1.165) is 9.98 Å². The SMILES string of the molecule is O=C(O)N(Cl)Cc1ccccc1. The van der Waals surface area contributed by atoms with Crippen molar-refractivity contribution >= 4 is 17.9 Å². The molecule has 0 aliphatic heterocycles. The molecule has 1 amide bonds. The zero-order valence-corrected chi connectivity index (χ0v) is 7.03. The summed E-state index contributed by atoms with van der Waals surface area (Å²) in [5.74, 6) is 0. The number of amides is 1. The Morgan fingerprint density at radius 3 is 2.50 bits per heavy atom. The Balaban J connectivity index is 2.58. The zero-order valence-electron chi connectivity index (χ0n) is 6.27. The van der Waals surface area contributed by atoms with Gasteiger partial charge in [-0.3, -0.25) is 0 Å². The first-order chi connectivity index (χ1) is 5.70. The van der Waals surface area contributed by atoms with Crippen LogP contribution in [0.2, 0.25) is 0 Å². The van der Waals surface area contributed by atoms with Crippen molar-refractivity contribution in [1.29, 1.82) is 0 Å². The molecule has 64 valence electrons. The topological polar surface area (TPSA) is 40.5 Å². The van der Waals surface area contributed by atoms with Gasteiger partial charge in [0.05, 0.1) is 6.54 Å². The van der Waals surface area contributed by atoms with Gasteiger partial charge in [-0.2, -0.15) is 0 Å². The Kier molecular flexibility index (Phi) is 2.94. The Labute approximate surface area is 75.3 Å². The zero-order chi connectivity index (χ0) is 8.97.